The van der Waals surface area contributed by atoms with Gasteiger partial charge in [0.2, 0.25) is 5.91 Å². The van der Waals surface area contributed by atoms with Gasteiger partial charge >= 0.3 is 12.0 Å². The summed E-state index contributed by atoms with van der Waals surface area (Å²) in [4.78, 5) is 47.8. The van der Waals surface area contributed by atoms with Crippen molar-refractivity contribution in [3.8, 4) is 0 Å². The van der Waals surface area contributed by atoms with Crippen LogP contribution in [0.25, 0.3) is 0 Å². The van der Waals surface area contributed by atoms with Crippen molar-refractivity contribution in [1.82, 2.24) is 16.0 Å². The summed E-state index contributed by atoms with van der Waals surface area (Å²) in [5.74, 6) is 0.878. The van der Waals surface area contributed by atoms with Crippen LogP contribution in [-0.2, 0) is 19.1 Å². The first-order chi connectivity index (χ1) is 13.8. The van der Waals surface area contributed by atoms with E-state index in [1.807, 2.05) is 13.8 Å². The smallest absolute Gasteiger partial charge is 0.321 e. The zero-order chi connectivity index (χ0) is 21.0. The minimum Gasteiger partial charge on any atom is -0.456 e. The third-order valence-electron chi connectivity index (χ3n) is 6.74. The maximum absolute atomic E-state index is 12.8. The summed E-state index contributed by atoms with van der Waals surface area (Å²) in [6, 6.07) is -0.661. The predicted octanol–water partition coefficient (Wildman–Crippen LogP) is 1.88. The van der Waals surface area contributed by atoms with Crippen molar-refractivity contribution in [1.29, 1.82) is 0 Å². The molecule has 0 unspecified atom stereocenters. The molecule has 0 aromatic rings. The van der Waals surface area contributed by atoms with Crippen molar-refractivity contribution in [2.24, 2.45) is 23.2 Å². The van der Waals surface area contributed by atoms with E-state index in [2.05, 4.69) is 16.0 Å². The average molecular weight is 408 g/mol. The first kappa shape index (κ1) is 21.6. The Balaban J connectivity index is 1.32. The first-order valence-electron chi connectivity index (χ1n) is 10.8. The quantitative estimate of drug-likeness (QED) is 0.532. The highest BCUT2D eigenvalue weighted by Gasteiger charge is 2.54. The minimum absolute atomic E-state index is 0.00442. The lowest BCUT2D eigenvalue weighted by molar-refractivity contribution is -0.149. The largest absolute Gasteiger partial charge is 0.456 e. The molecule has 3 N–H and O–H groups in total. The van der Waals surface area contributed by atoms with Crippen molar-refractivity contribution in [2.75, 3.05) is 13.2 Å². The highest BCUT2D eigenvalue weighted by atomic mass is 16.5. The van der Waals surface area contributed by atoms with E-state index in [-0.39, 0.29) is 30.3 Å². The second-order valence-corrected chi connectivity index (χ2v) is 9.20. The molecule has 4 aliphatic rings. The van der Waals surface area contributed by atoms with Crippen LogP contribution in [-0.4, -0.2) is 43.0 Å². The number of carbonyl (C=O) groups excluding carboxylic acids is 4. The number of rotatable bonds is 8. The molecule has 8 heteroatoms. The van der Waals surface area contributed by atoms with Crippen molar-refractivity contribution in [3.05, 3.63) is 0 Å². The highest BCUT2D eigenvalue weighted by molar-refractivity contribution is 5.95. The summed E-state index contributed by atoms with van der Waals surface area (Å²) >= 11 is 0. The molecule has 4 aliphatic carbocycles. The van der Waals surface area contributed by atoms with Gasteiger partial charge in [0.05, 0.1) is 6.42 Å². The van der Waals surface area contributed by atoms with Crippen molar-refractivity contribution in [3.63, 3.8) is 0 Å². The third kappa shape index (κ3) is 5.48. The summed E-state index contributed by atoms with van der Waals surface area (Å²) in [5.41, 5.74) is -0.235. The second-order valence-electron chi connectivity index (χ2n) is 9.20. The van der Waals surface area contributed by atoms with Gasteiger partial charge in [0, 0.05) is 18.0 Å². The molecule has 0 aliphatic heterocycles. The molecule has 4 rings (SSSR count). The lowest BCUT2D eigenvalue weighted by atomic mass is 9.49. The van der Waals surface area contributed by atoms with Gasteiger partial charge in [-0.2, -0.15) is 0 Å². The van der Waals surface area contributed by atoms with E-state index in [1.165, 1.54) is 19.3 Å². The first-order valence-corrected chi connectivity index (χ1v) is 10.8. The van der Waals surface area contributed by atoms with Crippen LogP contribution < -0.4 is 16.0 Å². The monoisotopic (exact) mass is 407 g/mol. The summed E-state index contributed by atoms with van der Waals surface area (Å²) < 4.78 is 4.88. The van der Waals surface area contributed by atoms with Crippen molar-refractivity contribution in [2.45, 2.75) is 71.3 Å². The van der Waals surface area contributed by atoms with E-state index in [1.54, 1.807) is 0 Å². The number of esters is 1. The van der Waals surface area contributed by atoms with Crippen molar-refractivity contribution >= 4 is 23.8 Å². The van der Waals surface area contributed by atoms with Gasteiger partial charge in [0.15, 0.2) is 6.61 Å². The molecule has 4 bridgehead atoms. The van der Waals surface area contributed by atoms with E-state index in [9.17, 15) is 19.2 Å². The molecule has 162 valence electrons. The fourth-order valence-electron chi connectivity index (χ4n) is 5.60. The second kappa shape index (κ2) is 9.13. The molecule has 4 saturated carbocycles. The molecular weight excluding hydrogens is 374 g/mol. The standard InChI is InChI=1S/C21H33N3O5/c1-3-13(2)23-20(28)24-17(25)12-29-18(26)4-5-22-19(27)21-9-14-6-15(10-21)8-16(7-14)11-21/h13-16H,3-12H2,1-2H3,(H,22,27)(H2,23,24,25,28)/t13-,14?,15?,16?,21?/m0/s1. The zero-order valence-electron chi connectivity index (χ0n) is 17.4. The van der Waals surface area contributed by atoms with Crippen LogP contribution in [0.15, 0.2) is 0 Å². The summed E-state index contributed by atoms with van der Waals surface area (Å²) in [6.45, 7) is 3.42. The van der Waals surface area contributed by atoms with Crippen LogP contribution in [0, 0.1) is 23.2 Å². The molecular formula is C21H33N3O5. The Morgan fingerprint density at radius 1 is 1.03 bits per heavy atom. The molecule has 0 heterocycles. The Morgan fingerprint density at radius 3 is 2.17 bits per heavy atom. The maximum atomic E-state index is 12.8. The topological polar surface area (TPSA) is 114 Å². The molecule has 0 aromatic heterocycles. The van der Waals surface area contributed by atoms with Crippen LogP contribution in [0.1, 0.15) is 65.2 Å². The number of hydrogen-bond donors (Lipinski definition) is 3. The van der Waals surface area contributed by atoms with E-state index in [4.69, 9.17) is 4.74 Å². The van der Waals surface area contributed by atoms with E-state index < -0.39 is 24.5 Å². The Labute approximate surface area is 171 Å². The normalized spacial score (nSPS) is 30.3. The fraction of sp³-hybridized carbons (Fsp3) is 0.810. The van der Waals surface area contributed by atoms with Crippen LogP contribution in [0.2, 0.25) is 0 Å². The van der Waals surface area contributed by atoms with Gasteiger partial charge in [-0.25, -0.2) is 4.79 Å². The number of nitrogens with one attached hydrogen (secondary N) is 3. The van der Waals surface area contributed by atoms with E-state index >= 15 is 0 Å². The number of hydrogen-bond acceptors (Lipinski definition) is 5. The van der Waals surface area contributed by atoms with Gasteiger partial charge < -0.3 is 15.4 Å². The van der Waals surface area contributed by atoms with E-state index in [0.717, 1.165) is 25.7 Å². The molecule has 0 radical (unpaired) electrons. The fourth-order valence-corrected chi connectivity index (χ4v) is 5.60. The highest BCUT2D eigenvalue weighted by Crippen LogP contribution is 2.60. The zero-order valence-corrected chi connectivity index (χ0v) is 17.4. The van der Waals surface area contributed by atoms with Crippen molar-refractivity contribution < 1.29 is 23.9 Å². The van der Waals surface area contributed by atoms with Gasteiger partial charge in [-0.1, -0.05) is 6.92 Å². The number of ether oxygens (including phenoxy) is 1. The Kier molecular flexibility index (Phi) is 6.80. The van der Waals surface area contributed by atoms with Crippen LogP contribution >= 0.6 is 0 Å². The molecule has 1 atom stereocenters. The van der Waals surface area contributed by atoms with Gasteiger partial charge in [0.25, 0.3) is 5.91 Å². The molecule has 0 spiro atoms. The molecule has 0 saturated heterocycles. The summed E-state index contributed by atoms with van der Waals surface area (Å²) in [7, 11) is 0. The maximum Gasteiger partial charge on any atom is 0.321 e. The van der Waals surface area contributed by atoms with Crippen LogP contribution in [0.3, 0.4) is 0 Å². The number of amides is 4. The number of urea groups is 1. The van der Waals surface area contributed by atoms with E-state index in [0.29, 0.717) is 17.8 Å². The Morgan fingerprint density at radius 2 is 1.62 bits per heavy atom. The van der Waals surface area contributed by atoms with Gasteiger partial charge in [-0.15, -0.1) is 0 Å². The van der Waals surface area contributed by atoms with Gasteiger partial charge in [-0.3, -0.25) is 19.7 Å². The predicted molar refractivity (Wildman–Crippen MR) is 106 cm³/mol. The summed E-state index contributed by atoms with van der Waals surface area (Å²) in [5, 5.41) is 7.62. The molecule has 4 fully saturated rings. The minimum atomic E-state index is -0.684. The van der Waals surface area contributed by atoms with Crippen LogP contribution in [0.4, 0.5) is 4.79 Å². The molecule has 4 amide bonds. The van der Waals surface area contributed by atoms with Gasteiger partial charge in [-0.05, 0) is 69.6 Å². The Hall–Kier alpha value is -2.12. The average Bonchev–Trinajstić information content (AvgIpc) is 2.65. The van der Waals surface area contributed by atoms with Crippen LogP contribution in [0.5, 0.6) is 0 Å². The summed E-state index contributed by atoms with van der Waals surface area (Å²) in [6.07, 6.45) is 7.51. The third-order valence-corrected chi connectivity index (χ3v) is 6.74. The number of carbonyl (C=O) groups is 4. The SMILES string of the molecule is CC[C@H](C)NC(=O)NC(=O)COC(=O)CCNC(=O)C12CC3CC(CC(C3)C1)C2. The van der Waals surface area contributed by atoms with Gasteiger partial charge in [0.1, 0.15) is 0 Å². The molecule has 29 heavy (non-hydrogen) atoms. The molecule has 8 nitrogen and oxygen atoms in total. The lowest BCUT2D eigenvalue weighted by Crippen LogP contribution is -2.53. The lowest BCUT2D eigenvalue weighted by Gasteiger charge is -2.55. The Bertz CT molecular complexity index is 627. The molecule has 0 aromatic carbocycles. The number of imide groups is 1.